The fourth-order valence-electron chi connectivity index (χ4n) is 4.42. The lowest BCUT2D eigenvalue weighted by molar-refractivity contribution is 0.0946. The standard InChI is InChI=1S/C26H26FN3O4.ClH/c27-23-6-4-17(11-22(23)26(31)30-14-19-3-1-2-9-29-19)21-8-10-28-13-18(21)15-32-20-5-7-24-25(12-20)34-16-33-24;/h1-7,9,11-12,18,21,28H,8,10,13-16H2,(H,30,31);1H/t18-,21-;/m0./s1. The molecule has 1 saturated heterocycles. The molecule has 0 spiro atoms. The maximum Gasteiger partial charge on any atom is 0.254 e. The van der Waals surface area contributed by atoms with Crippen LogP contribution in [0, 0.1) is 11.7 Å². The van der Waals surface area contributed by atoms with Gasteiger partial charge in [0.2, 0.25) is 6.79 Å². The molecule has 0 radical (unpaired) electrons. The summed E-state index contributed by atoms with van der Waals surface area (Å²) in [5.74, 6) is 1.41. The number of carbonyl (C=O) groups excluding carboxylic acids is 1. The monoisotopic (exact) mass is 499 g/mol. The highest BCUT2D eigenvalue weighted by atomic mass is 35.5. The molecule has 0 unspecified atom stereocenters. The minimum atomic E-state index is -0.538. The zero-order valence-corrected chi connectivity index (χ0v) is 19.9. The number of fused-ring (bicyclic) bond motifs is 1. The van der Waals surface area contributed by atoms with Crippen molar-refractivity contribution in [2.24, 2.45) is 5.92 Å². The quantitative estimate of drug-likeness (QED) is 0.510. The molecule has 2 N–H and O–H groups in total. The summed E-state index contributed by atoms with van der Waals surface area (Å²) >= 11 is 0. The van der Waals surface area contributed by atoms with Gasteiger partial charge in [-0.2, -0.15) is 0 Å². The van der Waals surface area contributed by atoms with Crippen LogP contribution in [0.1, 0.15) is 34.0 Å². The highest BCUT2D eigenvalue weighted by Crippen LogP contribution is 2.36. The molecule has 3 aromatic rings. The predicted octanol–water partition coefficient (Wildman–Crippen LogP) is 4.07. The van der Waals surface area contributed by atoms with Crippen molar-refractivity contribution < 1.29 is 23.4 Å². The van der Waals surface area contributed by atoms with Gasteiger partial charge in [-0.25, -0.2) is 4.39 Å². The van der Waals surface area contributed by atoms with Crippen LogP contribution >= 0.6 is 12.4 Å². The number of nitrogens with zero attached hydrogens (tertiary/aromatic N) is 1. The molecule has 2 atom stereocenters. The van der Waals surface area contributed by atoms with E-state index in [1.54, 1.807) is 24.4 Å². The van der Waals surface area contributed by atoms with Gasteiger partial charge in [-0.15, -0.1) is 12.4 Å². The molecular weight excluding hydrogens is 473 g/mol. The first-order chi connectivity index (χ1) is 16.7. The molecule has 9 heteroatoms. The Morgan fingerprint density at radius 2 is 2.03 bits per heavy atom. The number of aromatic nitrogens is 1. The van der Waals surface area contributed by atoms with Gasteiger partial charge in [0.1, 0.15) is 11.6 Å². The van der Waals surface area contributed by atoms with Crippen LogP contribution in [0.3, 0.4) is 0 Å². The number of pyridine rings is 1. The van der Waals surface area contributed by atoms with Crippen LogP contribution in [-0.4, -0.2) is 37.4 Å². The first-order valence-electron chi connectivity index (χ1n) is 11.4. The molecule has 0 aliphatic carbocycles. The van der Waals surface area contributed by atoms with Crippen molar-refractivity contribution in [1.82, 2.24) is 15.6 Å². The molecule has 5 rings (SSSR count). The number of hydrogen-bond acceptors (Lipinski definition) is 6. The van der Waals surface area contributed by atoms with E-state index >= 15 is 0 Å². The average molecular weight is 500 g/mol. The zero-order valence-electron chi connectivity index (χ0n) is 19.0. The lowest BCUT2D eigenvalue weighted by Crippen LogP contribution is -2.38. The molecule has 2 aliphatic heterocycles. The molecule has 35 heavy (non-hydrogen) atoms. The highest BCUT2D eigenvalue weighted by Gasteiger charge is 2.28. The minimum Gasteiger partial charge on any atom is -0.493 e. The van der Waals surface area contributed by atoms with Crippen LogP contribution < -0.4 is 24.8 Å². The molecule has 1 fully saturated rings. The first-order valence-corrected chi connectivity index (χ1v) is 11.4. The molecule has 2 aliphatic rings. The summed E-state index contributed by atoms with van der Waals surface area (Å²) in [5.41, 5.74) is 1.69. The molecular formula is C26H27ClFN3O4. The molecule has 0 bridgehead atoms. The van der Waals surface area contributed by atoms with Crippen LogP contribution in [-0.2, 0) is 6.54 Å². The normalized spacial score (nSPS) is 18.4. The Balaban J connectivity index is 0.00000289. The summed E-state index contributed by atoms with van der Waals surface area (Å²) in [4.78, 5) is 16.9. The highest BCUT2D eigenvalue weighted by molar-refractivity contribution is 5.94. The van der Waals surface area contributed by atoms with E-state index < -0.39 is 11.7 Å². The average Bonchev–Trinajstić information content (AvgIpc) is 3.35. The van der Waals surface area contributed by atoms with Gasteiger partial charge in [0.05, 0.1) is 24.4 Å². The van der Waals surface area contributed by atoms with Crippen LogP contribution in [0.25, 0.3) is 0 Å². The Bertz CT molecular complexity index is 1160. The number of benzene rings is 2. The Hall–Kier alpha value is -3.36. The number of piperidine rings is 1. The summed E-state index contributed by atoms with van der Waals surface area (Å²) in [6, 6.07) is 15.8. The molecule has 1 aromatic heterocycles. The number of nitrogens with one attached hydrogen (secondary N) is 2. The first kappa shape index (κ1) is 24.8. The second-order valence-electron chi connectivity index (χ2n) is 8.43. The molecule has 1 amide bonds. The SMILES string of the molecule is Cl.O=C(NCc1ccccn1)c1cc([C@@H]2CCNC[C@H]2COc2ccc3c(c2)OCO3)ccc1F. The van der Waals surface area contributed by atoms with Gasteiger partial charge < -0.3 is 24.8 Å². The van der Waals surface area contributed by atoms with E-state index in [2.05, 4.69) is 15.6 Å². The number of carbonyl (C=O) groups is 1. The molecule has 2 aromatic carbocycles. The Kier molecular flexibility index (Phi) is 8.05. The van der Waals surface area contributed by atoms with E-state index in [1.807, 2.05) is 30.3 Å². The summed E-state index contributed by atoms with van der Waals surface area (Å²) in [6.07, 6.45) is 2.53. The molecule has 0 saturated carbocycles. The van der Waals surface area contributed by atoms with Gasteiger partial charge in [0.15, 0.2) is 11.5 Å². The van der Waals surface area contributed by atoms with Crippen molar-refractivity contribution in [3.63, 3.8) is 0 Å². The van der Waals surface area contributed by atoms with Crippen molar-refractivity contribution >= 4 is 18.3 Å². The van der Waals surface area contributed by atoms with Crippen LogP contribution in [0.2, 0.25) is 0 Å². The number of amides is 1. The summed E-state index contributed by atoms with van der Waals surface area (Å²) in [7, 11) is 0. The van der Waals surface area contributed by atoms with E-state index in [-0.39, 0.29) is 43.1 Å². The molecule has 3 heterocycles. The smallest absolute Gasteiger partial charge is 0.254 e. The lowest BCUT2D eigenvalue weighted by Gasteiger charge is -2.32. The van der Waals surface area contributed by atoms with Crippen molar-refractivity contribution in [2.45, 2.75) is 18.9 Å². The van der Waals surface area contributed by atoms with E-state index in [1.165, 1.54) is 6.07 Å². The Morgan fingerprint density at radius 1 is 1.14 bits per heavy atom. The van der Waals surface area contributed by atoms with Gasteiger partial charge in [0.25, 0.3) is 5.91 Å². The van der Waals surface area contributed by atoms with Crippen molar-refractivity contribution in [3.8, 4) is 17.2 Å². The third-order valence-electron chi connectivity index (χ3n) is 6.24. The zero-order chi connectivity index (χ0) is 23.3. The van der Waals surface area contributed by atoms with Crippen molar-refractivity contribution in [1.29, 1.82) is 0 Å². The van der Waals surface area contributed by atoms with Crippen LogP contribution in [0.15, 0.2) is 60.8 Å². The minimum absolute atomic E-state index is 0. The molecule has 184 valence electrons. The fraction of sp³-hybridized carbons (Fsp3) is 0.308. The van der Waals surface area contributed by atoms with Gasteiger partial charge in [-0.3, -0.25) is 9.78 Å². The van der Waals surface area contributed by atoms with E-state index in [9.17, 15) is 9.18 Å². The largest absolute Gasteiger partial charge is 0.493 e. The maximum atomic E-state index is 14.6. The van der Waals surface area contributed by atoms with Gasteiger partial charge >= 0.3 is 0 Å². The van der Waals surface area contributed by atoms with Crippen molar-refractivity contribution in [2.75, 3.05) is 26.5 Å². The van der Waals surface area contributed by atoms with E-state index in [4.69, 9.17) is 14.2 Å². The van der Waals surface area contributed by atoms with Gasteiger partial charge in [0, 0.05) is 24.7 Å². The van der Waals surface area contributed by atoms with Crippen LogP contribution in [0.5, 0.6) is 17.2 Å². The van der Waals surface area contributed by atoms with Crippen molar-refractivity contribution in [3.05, 3.63) is 83.4 Å². The summed E-state index contributed by atoms with van der Waals surface area (Å²) in [6.45, 7) is 2.56. The predicted molar refractivity (Wildman–Crippen MR) is 131 cm³/mol. The lowest BCUT2D eigenvalue weighted by atomic mass is 9.81. The third-order valence-corrected chi connectivity index (χ3v) is 6.24. The Labute approximate surface area is 209 Å². The van der Waals surface area contributed by atoms with Gasteiger partial charge in [-0.05, 0) is 60.8 Å². The summed E-state index contributed by atoms with van der Waals surface area (Å²) in [5, 5.41) is 6.18. The van der Waals surface area contributed by atoms with Crippen LogP contribution in [0.4, 0.5) is 4.39 Å². The summed E-state index contributed by atoms with van der Waals surface area (Å²) < 4.78 is 31.4. The number of hydrogen-bond donors (Lipinski definition) is 2. The molecule has 7 nitrogen and oxygen atoms in total. The van der Waals surface area contributed by atoms with E-state index in [0.717, 1.165) is 25.1 Å². The topological polar surface area (TPSA) is 81.7 Å². The Morgan fingerprint density at radius 3 is 2.89 bits per heavy atom. The number of rotatable bonds is 7. The third kappa shape index (κ3) is 5.83. The number of ether oxygens (including phenoxy) is 3. The second-order valence-corrected chi connectivity index (χ2v) is 8.43. The van der Waals surface area contributed by atoms with Gasteiger partial charge in [-0.1, -0.05) is 12.1 Å². The maximum absolute atomic E-state index is 14.6. The number of halogens is 2. The van der Waals surface area contributed by atoms with E-state index in [0.29, 0.717) is 29.5 Å². The fourth-order valence-corrected chi connectivity index (χ4v) is 4.42. The second kappa shape index (κ2) is 11.4.